The molecule has 0 saturated carbocycles. The van der Waals surface area contributed by atoms with Crippen molar-refractivity contribution >= 4 is 16.9 Å². The lowest BCUT2D eigenvalue weighted by Crippen LogP contribution is -2.22. The largest absolute Gasteiger partial charge is 0.416 e. The number of benzene rings is 3. The number of thioether (sulfide) groups is 1. The first-order valence-electron chi connectivity index (χ1n) is 9.96. The molecule has 2 atom stereocenters. The summed E-state index contributed by atoms with van der Waals surface area (Å²) in [7, 11) is 0. The molecule has 3 aromatic carbocycles. The molecule has 0 saturated heterocycles. The first kappa shape index (κ1) is 23.2. The minimum atomic E-state index is -4.87. The van der Waals surface area contributed by atoms with Crippen molar-refractivity contribution in [2.45, 2.75) is 30.2 Å². The Balaban J connectivity index is 1.59. The number of halogens is 6. The zero-order valence-corrected chi connectivity index (χ0v) is 17.8. The second-order valence-electron chi connectivity index (χ2n) is 7.53. The van der Waals surface area contributed by atoms with Crippen LogP contribution in [0.3, 0.4) is 0 Å². The molecule has 172 valence electrons. The van der Waals surface area contributed by atoms with E-state index in [2.05, 4.69) is 5.32 Å². The summed E-state index contributed by atoms with van der Waals surface area (Å²) in [5.41, 5.74) is -0.791. The number of aliphatic imine (C=N–C) groups is 1. The lowest BCUT2D eigenvalue weighted by atomic mass is 9.95. The first-order valence-corrected chi connectivity index (χ1v) is 11.0. The molecule has 0 amide bonds. The Morgan fingerprint density at radius 2 is 1.24 bits per heavy atom. The van der Waals surface area contributed by atoms with Gasteiger partial charge < -0.3 is 5.32 Å². The Morgan fingerprint density at radius 1 is 0.727 bits per heavy atom. The molecule has 0 bridgehead atoms. The third-order valence-electron chi connectivity index (χ3n) is 5.17. The maximum atomic E-state index is 13.1. The predicted molar refractivity (Wildman–Crippen MR) is 117 cm³/mol. The van der Waals surface area contributed by atoms with Crippen molar-refractivity contribution < 1.29 is 26.3 Å². The van der Waals surface area contributed by atoms with Gasteiger partial charge in [-0.15, -0.1) is 0 Å². The van der Waals surface area contributed by atoms with Crippen molar-refractivity contribution in [3.63, 3.8) is 0 Å². The Hall–Kier alpha value is -2.94. The molecule has 33 heavy (non-hydrogen) atoms. The van der Waals surface area contributed by atoms with E-state index in [1.807, 2.05) is 60.7 Å². The summed E-state index contributed by atoms with van der Waals surface area (Å²) < 4.78 is 78.9. The van der Waals surface area contributed by atoms with E-state index in [9.17, 15) is 26.3 Å². The maximum Gasteiger partial charge on any atom is 0.416 e. The van der Waals surface area contributed by atoms with E-state index in [1.54, 1.807) is 0 Å². The van der Waals surface area contributed by atoms with Crippen LogP contribution in [0, 0.1) is 0 Å². The summed E-state index contributed by atoms with van der Waals surface area (Å²) in [6.45, 7) is 0. The van der Waals surface area contributed by atoms with Gasteiger partial charge in [-0.25, -0.2) is 0 Å². The van der Waals surface area contributed by atoms with Crippen LogP contribution in [0.2, 0.25) is 0 Å². The molecule has 0 spiro atoms. The zero-order valence-electron chi connectivity index (χ0n) is 17.0. The molecular formula is C24H18F6N2S. The molecule has 1 aliphatic rings. The fourth-order valence-corrected chi connectivity index (χ4v) is 4.50. The summed E-state index contributed by atoms with van der Waals surface area (Å²) in [4.78, 5) is 4.70. The van der Waals surface area contributed by atoms with E-state index in [-0.39, 0.29) is 29.5 Å². The molecule has 0 fully saturated rings. The predicted octanol–water partition coefficient (Wildman–Crippen LogP) is 7.40. The van der Waals surface area contributed by atoms with Gasteiger partial charge in [0.2, 0.25) is 0 Å². The van der Waals surface area contributed by atoms with Gasteiger partial charge in [0.15, 0.2) is 5.17 Å². The summed E-state index contributed by atoms with van der Waals surface area (Å²) in [6.07, 6.45) is -9.75. The lowest BCUT2D eigenvalue weighted by molar-refractivity contribution is -0.143. The average molecular weight is 480 g/mol. The normalized spacial score (nSPS) is 18.7. The van der Waals surface area contributed by atoms with Crippen LogP contribution >= 0.6 is 11.8 Å². The monoisotopic (exact) mass is 480 g/mol. The molecular weight excluding hydrogens is 462 g/mol. The lowest BCUT2D eigenvalue weighted by Gasteiger charge is -2.19. The molecule has 1 aliphatic heterocycles. The van der Waals surface area contributed by atoms with E-state index in [4.69, 9.17) is 4.99 Å². The number of hydrogen-bond acceptors (Lipinski definition) is 3. The van der Waals surface area contributed by atoms with Crippen molar-refractivity contribution in [2.24, 2.45) is 4.99 Å². The van der Waals surface area contributed by atoms with Crippen molar-refractivity contribution in [1.82, 2.24) is 5.32 Å². The topological polar surface area (TPSA) is 24.4 Å². The Morgan fingerprint density at radius 3 is 1.76 bits per heavy atom. The fourth-order valence-electron chi connectivity index (χ4n) is 3.63. The minimum Gasteiger partial charge on any atom is -0.356 e. The van der Waals surface area contributed by atoms with Gasteiger partial charge >= 0.3 is 12.4 Å². The highest BCUT2D eigenvalue weighted by molar-refractivity contribution is 8.13. The molecule has 1 heterocycles. The molecule has 3 aromatic rings. The van der Waals surface area contributed by atoms with Crippen LogP contribution in [-0.4, -0.2) is 5.17 Å². The number of alkyl halides is 6. The zero-order chi connectivity index (χ0) is 23.6. The quantitative estimate of drug-likeness (QED) is 0.394. The van der Waals surface area contributed by atoms with Gasteiger partial charge in [0.05, 0.1) is 17.2 Å². The number of hydrogen-bond donors (Lipinski definition) is 1. The van der Waals surface area contributed by atoms with Crippen LogP contribution in [0.25, 0.3) is 0 Å². The van der Waals surface area contributed by atoms with E-state index < -0.39 is 23.5 Å². The smallest absolute Gasteiger partial charge is 0.356 e. The molecule has 4 rings (SSSR count). The van der Waals surface area contributed by atoms with Gasteiger partial charge in [-0.1, -0.05) is 72.4 Å². The molecule has 1 N–H and O–H groups in total. The van der Waals surface area contributed by atoms with Crippen LogP contribution in [0.1, 0.15) is 39.9 Å². The highest BCUT2D eigenvalue weighted by Gasteiger charge is 2.37. The van der Waals surface area contributed by atoms with Crippen LogP contribution in [0.5, 0.6) is 0 Å². The van der Waals surface area contributed by atoms with E-state index >= 15 is 0 Å². The van der Waals surface area contributed by atoms with Gasteiger partial charge in [-0.05, 0) is 34.9 Å². The van der Waals surface area contributed by atoms with Crippen molar-refractivity contribution in [3.05, 3.63) is 107 Å². The maximum absolute atomic E-state index is 13.1. The van der Waals surface area contributed by atoms with E-state index in [0.29, 0.717) is 5.17 Å². The van der Waals surface area contributed by atoms with Crippen LogP contribution in [0.4, 0.5) is 26.3 Å². The third kappa shape index (κ3) is 5.52. The van der Waals surface area contributed by atoms with Crippen molar-refractivity contribution in [1.29, 1.82) is 0 Å². The van der Waals surface area contributed by atoms with Crippen LogP contribution in [0.15, 0.2) is 83.9 Å². The molecule has 0 aliphatic carbocycles. The number of rotatable bonds is 4. The number of nitrogens with one attached hydrogen (secondary N) is 1. The fraction of sp³-hybridized carbons (Fsp3) is 0.208. The molecule has 0 radical (unpaired) electrons. The molecule has 9 heteroatoms. The van der Waals surface area contributed by atoms with E-state index in [0.717, 1.165) is 35.0 Å². The summed E-state index contributed by atoms with van der Waals surface area (Å²) in [5.74, 6) is -0.0954. The number of amidine groups is 1. The molecule has 2 nitrogen and oxygen atoms in total. The highest BCUT2D eigenvalue weighted by atomic mass is 32.2. The van der Waals surface area contributed by atoms with Gasteiger partial charge in [-0.3, -0.25) is 4.99 Å². The Kier molecular flexibility index (Phi) is 6.43. The summed E-state index contributed by atoms with van der Waals surface area (Å²) >= 11 is 1.08. The Labute approximate surface area is 190 Å². The number of nitrogens with zero attached hydrogens (tertiary/aromatic N) is 1. The SMILES string of the molecule is FC(F)(F)c1cc(CSC2=NC(c3ccccc3)[C@@H](c3ccccc3)N2)cc(C(F)(F)F)c1. The van der Waals surface area contributed by atoms with E-state index in [1.165, 1.54) is 0 Å². The van der Waals surface area contributed by atoms with Crippen molar-refractivity contribution in [2.75, 3.05) is 0 Å². The second kappa shape index (κ2) is 9.13. The standard InChI is InChI=1S/C24H18F6N2S/c25-23(26,27)18-11-15(12-19(13-18)24(28,29)30)14-33-22-31-20(16-7-3-1-4-8-16)21(32-22)17-9-5-2-6-10-17/h1-13,20-21H,14H2,(H,31,32)/t20-,21?/m1/s1. The van der Waals surface area contributed by atoms with Gasteiger partial charge in [-0.2, -0.15) is 26.3 Å². The van der Waals surface area contributed by atoms with Crippen LogP contribution < -0.4 is 5.32 Å². The summed E-state index contributed by atoms with van der Waals surface area (Å²) in [6, 6.07) is 20.2. The van der Waals surface area contributed by atoms with Crippen molar-refractivity contribution in [3.8, 4) is 0 Å². The highest BCUT2D eigenvalue weighted by Crippen LogP contribution is 2.40. The van der Waals surface area contributed by atoms with Gasteiger partial charge in [0.1, 0.15) is 6.04 Å². The first-order chi connectivity index (χ1) is 15.6. The third-order valence-corrected chi connectivity index (χ3v) is 6.15. The summed E-state index contributed by atoms with van der Waals surface area (Å²) in [5, 5.41) is 3.75. The minimum absolute atomic E-state index is 0.0777. The second-order valence-corrected chi connectivity index (χ2v) is 8.49. The molecule has 0 aromatic heterocycles. The Bertz CT molecular complexity index is 1090. The van der Waals surface area contributed by atoms with Gasteiger partial charge in [0, 0.05) is 5.75 Å². The van der Waals surface area contributed by atoms with Gasteiger partial charge in [0.25, 0.3) is 0 Å². The molecule has 1 unspecified atom stereocenters. The van der Waals surface area contributed by atoms with Crippen LogP contribution in [-0.2, 0) is 18.1 Å². The average Bonchev–Trinajstić information content (AvgIpc) is 3.22.